The van der Waals surface area contributed by atoms with E-state index in [1.807, 2.05) is 6.92 Å². The summed E-state index contributed by atoms with van der Waals surface area (Å²) in [6.45, 7) is 2.30. The Bertz CT molecular complexity index is 173. The normalized spacial score (nSPS) is 27.3. The Labute approximate surface area is 84.2 Å². The van der Waals surface area contributed by atoms with Crippen molar-refractivity contribution in [1.29, 1.82) is 0 Å². The van der Waals surface area contributed by atoms with Gasteiger partial charge in [-0.1, -0.05) is 13.3 Å². The van der Waals surface area contributed by atoms with Crippen molar-refractivity contribution in [2.24, 2.45) is 0 Å². The molecule has 1 rings (SSSR count). The van der Waals surface area contributed by atoms with Crippen molar-refractivity contribution in [3.8, 4) is 0 Å². The molecule has 1 N–H and O–H groups in total. The van der Waals surface area contributed by atoms with Crippen molar-refractivity contribution in [2.75, 3.05) is 6.61 Å². The highest BCUT2D eigenvalue weighted by molar-refractivity contribution is 5.69. The van der Waals surface area contributed by atoms with Crippen LogP contribution in [0.2, 0.25) is 0 Å². The fraction of sp³-hybridized carbons (Fsp3) is 0.900. The Morgan fingerprint density at radius 1 is 1.57 bits per heavy atom. The quantitative estimate of drug-likeness (QED) is 0.696. The Morgan fingerprint density at radius 2 is 2.36 bits per heavy atom. The fourth-order valence-corrected chi connectivity index (χ4v) is 1.33. The predicted octanol–water partition coefficient (Wildman–Crippen LogP) is 1.22. The third kappa shape index (κ3) is 4.07. The molecule has 0 saturated carbocycles. The molecule has 2 atom stereocenters. The van der Waals surface area contributed by atoms with Gasteiger partial charge in [-0.05, 0) is 12.8 Å². The molecule has 14 heavy (non-hydrogen) atoms. The molecule has 1 saturated heterocycles. The summed E-state index contributed by atoms with van der Waals surface area (Å²) in [6.07, 6.45) is 2.69. The van der Waals surface area contributed by atoms with Gasteiger partial charge in [0.2, 0.25) is 6.29 Å². The van der Waals surface area contributed by atoms with E-state index in [1.54, 1.807) is 0 Å². The molecule has 0 spiro atoms. The maximum atomic E-state index is 11.2. The molecule has 4 nitrogen and oxygen atoms in total. The molecule has 0 bridgehead atoms. The maximum absolute atomic E-state index is 11.2. The zero-order valence-electron chi connectivity index (χ0n) is 8.57. The van der Waals surface area contributed by atoms with Gasteiger partial charge in [0.05, 0.1) is 12.7 Å². The fourth-order valence-electron chi connectivity index (χ4n) is 1.33. The molecule has 0 radical (unpaired) electrons. The van der Waals surface area contributed by atoms with Crippen LogP contribution in [0.1, 0.15) is 39.0 Å². The molecular formula is C10H18O4. The number of ether oxygens (including phenoxy) is 2. The Balaban J connectivity index is 2.14. The van der Waals surface area contributed by atoms with Crippen molar-refractivity contribution in [3.63, 3.8) is 0 Å². The van der Waals surface area contributed by atoms with Gasteiger partial charge < -0.3 is 14.6 Å². The molecule has 4 heteroatoms. The summed E-state index contributed by atoms with van der Waals surface area (Å²) in [5.41, 5.74) is 0. The Morgan fingerprint density at radius 3 is 2.93 bits per heavy atom. The Hall–Kier alpha value is -0.610. The first-order chi connectivity index (χ1) is 6.72. The average molecular weight is 202 g/mol. The number of esters is 1. The van der Waals surface area contributed by atoms with E-state index in [1.165, 1.54) is 0 Å². The lowest BCUT2D eigenvalue weighted by Crippen LogP contribution is -2.32. The minimum absolute atomic E-state index is 0.201. The van der Waals surface area contributed by atoms with Gasteiger partial charge in [0.15, 0.2) is 0 Å². The summed E-state index contributed by atoms with van der Waals surface area (Å²) in [6, 6.07) is 0. The summed E-state index contributed by atoms with van der Waals surface area (Å²) in [4.78, 5) is 11.2. The summed E-state index contributed by atoms with van der Waals surface area (Å²) < 4.78 is 10.2. The highest BCUT2D eigenvalue weighted by Gasteiger charge is 2.22. The largest absolute Gasteiger partial charge is 0.436 e. The second-order valence-corrected chi connectivity index (χ2v) is 3.59. The number of carbonyl (C=O) groups is 1. The molecule has 1 heterocycles. The highest BCUT2D eigenvalue weighted by atomic mass is 16.7. The summed E-state index contributed by atoms with van der Waals surface area (Å²) in [5.74, 6) is -0.201. The van der Waals surface area contributed by atoms with Crippen molar-refractivity contribution in [1.82, 2.24) is 0 Å². The van der Waals surface area contributed by atoms with Crippen LogP contribution in [0.5, 0.6) is 0 Å². The van der Waals surface area contributed by atoms with Crippen LogP contribution in [-0.4, -0.2) is 30.1 Å². The van der Waals surface area contributed by atoms with E-state index in [-0.39, 0.29) is 12.6 Å². The minimum Gasteiger partial charge on any atom is -0.436 e. The molecular weight excluding hydrogens is 184 g/mol. The molecule has 1 fully saturated rings. The molecule has 0 amide bonds. The Kier molecular flexibility index (Phi) is 4.90. The molecule has 82 valence electrons. The van der Waals surface area contributed by atoms with Crippen LogP contribution in [0.25, 0.3) is 0 Å². The van der Waals surface area contributed by atoms with Crippen LogP contribution in [-0.2, 0) is 14.3 Å². The molecule has 0 aliphatic carbocycles. The highest BCUT2D eigenvalue weighted by Crippen LogP contribution is 2.15. The number of carbonyl (C=O) groups excluding carboxylic acids is 1. The lowest BCUT2D eigenvalue weighted by molar-refractivity contribution is -0.198. The molecule has 0 aromatic heterocycles. The van der Waals surface area contributed by atoms with Gasteiger partial charge in [-0.25, -0.2) is 0 Å². The van der Waals surface area contributed by atoms with Crippen molar-refractivity contribution < 1.29 is 19.4 Å². The van der Waals surface area contributed by atoms with Gasteiger partial charge in [-0.3, -0.25) is 4.79 Å². The monoisotopic (exact) mass is 202 g/mol. The van der Waals surface area contributed by atoms with E-state index in [4.69, 9.17) is 14.6 Å². The minimum atomic E-state index is -0.442. The topological polar surface area (TPSA) is 55.8 Å². The van der Waals surface area contributed by atoms with Gasteiger partial charge in [0, 0.05) is 12.8 Å². The number of unbranched alkanes of at least 4 members (excludes halogenated alkanes) is 1. The molecule has 0 aromatic rings. The van der Waals surface area contributed by atoms with Crippen LogP contribution >= 0.6 is 0 Å². The van der Waals surface area contributed by atoms with E-state index in [0.29, 0.717) is 19.3 Å². The standard InChI is InChI=1S/C10H18O4/c1-2-3-4-9(12)14-10-6-5-8(11)7-13-10/h8,10-11H,2-7H2,1H3. The zero-order valence-corrected chi connectivity index (χ0v) is 8.57. The lowest BCUT2D eigenvalue weighted by atomic mass is 10.1. The first-order valence-electron chi connectivity index (χ1n) is 5.21. The third-order valence-electron chi connectivity index (χ3n) is 2.21. The van der Waals surface area contributed by atoms with Crippen LogP contribution in [0.15, 0.2) is 0 Å². The average Bonchev–Trinajstić information content (AvgIpc) is 2.18. The zero-order chi connectivity index (χ0) is 10.4. The van der Waals surface area contributed by atoms with Crippen LogP contribution in [0.4, 0.5) is 0 Å². The van der Waals surface area contributed by atoms with Gasteiger partial charge >= 0.3 is 5.97 Å². The van der Waals surface area contributed by atoms with E-state index in [0.717, 1.165) is 12.8 Å². The predicted molar refractivity (Wildman–Crippen MR) is 50.6 cm³/mol. The van der Waals surface area contributed by atoms with E-state index in [9.17, 15) is 4.79 Å². The maximum Gasteiger partial charge on any atom is 0.308 e. The molecule has 1 aliphatic heterocycles. The second-order valence-electron chi connectivity index (χ2n) is 3.59. The first-order valence-corrected chi connectivity index (χ1v) is 5.21. The smallest absolute Gasteiger partial charge is 0.308 e. The van der Waals surface area contributed by atoms with Gasteiger partial charge in [-0.15, -0.1) is 0 Å². The van der Waals surface area contributed by atoms with E-state index < -0.39 is 12.4 Å². The lowest BCUT2D eigenvalue weighted by Gasteiger charge is -2.25. The van der Waals surface area contributed by atoms with Crippen molar-refractivity contribution in [2.45, 2.75) is 51.4 Å². The van der Waals surface area contributed by atoms with E-state index in [2.05, 4.69) is 0 Å². The van der Waals surface area contributed by atoms with Crippen LogP contribution < -0.4 is 0 Å². The van der Waals surface area contributed by atoms with Crippen LogP contribution in [0.3, 0.4) is 0 Å². The van der Waals surface area contributed by atoms with Gasteiger partial charge in [0.25, 0.3) is 0 Å². The number of aliphatic hydroxyl groups excluding tert-OH is 1. The number of aliphatic hydroxyl groups is 1. The number of hydrogen-bond donors (Lipinski definition) is 1. The summed E-state index contributed by atoms with van der Waals surface area (Å²) in [5, 5.41) is 9.14. The number of rotatable bonds is 4. The van der Waals surface area contributed by atoms with Crippen LogP contribution in [0, 0.1) is 0 Å². The van der Waals surface area contributed by atoms with Crippen molar-refractivity contribution in [3.05, 3.63) is 0 Å². The van der Waals surface area contributed by atoms with E-state index >= 15 is 0 Å². The second kappa shape index (κ2) is 5.98. The summed E-state index contributed by atoms with van der Waals surface area (Å²) >= 11 is 0. The molecule has 0 aromatic carbocycles. The first kappa shape index (κ1) is 11.5. The third-order valence-corrected chi connectivity index (χ3v) is 2.21. The summed E-state index contributed by atoms with van der Waals surface area (Å²) in [7, 11) is 0. The molecule has 1 aliphatic rings. The SMILES string of the molecule is CCCCC(=O)OC1CCC(O)CO1. The van der Waals surface area contributed by atoms with Crippen molar-refractivity contribution >= 4 is 5.97 Å². The van der Waals surface area contributed by atoms with Gasteiger partial charge in [0.1, 0.15) is 0 Å². The number of hydrogen-bond acceptors (Lipinski definition) is 4. The van der Waals surface area contributed by atoms with Gasteiger partial charge in [-0.2, -0.15) is 0 Å². The molecule has 2 unspecified atom stereocenters.